The fourth-order valence-electron chi connectivity index (χ4n) is 3.49. The second-order valence-electron chi connectivity index (χ2n) is 6.40. The Morgan fingerprint density at radius 1 is 0.762 bits per heavy atom. The molecule has 0 heterocycles. The molecule has 2 nitrogen and oxygen atoms in total. The Morgan fingerprint density at radius 3 is 1.48 bits per heavy atom. The average molecular weight is 309 g/mol. The van der Waals surface area contributed by atoms with E-state index in [4.69, 9.17) is 8.85 Å². The maximum absolute atomic E-state index is 6.62. The van der Waals surface area contributed by atoms with Crippen molar-refractivity contribution < 1.29 is 8.85 Å². The van der Waals surface area contributed by atoms with Crippen molar-refractivity contribution in [2.24, 2.45) is 0 Å². The van der Waals surface area contributed by atoms with E-state index in [9.17, 15) is 0 Å². The zero-order valence-electron chi connectivity index (χ0n) is 13.9. The summed E-state index contributed by atoms with van der Waals surface area (Å²) in [6.45, 7) is 6.25. The first-order valence-electron chi connectivity index (χ1n) is 8.91. The normalized spacial score (nSPS) is 19.9. The molecule has 0 atom stereocenters. The van der Waals surface area contributed by atoms with E-state index in [-0.39, 0.29) is 0 Å². The molecule has 3 heteroatoms. The van der Waals surface area contributed by atoms with Gasteiger partial charge in [-0.3, -0.25) is 0 Å². The standard InChI is InChI=1S/C18H32O2Si/c1-3-5-15-19-21(20-16-6-4-2,17-11-7-8-12-17)18-13-9-10-14-18/h7-10,17-18H,3-6,11-16H2,1-2H3. The van der Waals surface area contributed by atoms with Gasteiger partial charge in [0.05, 0.1) is 0 Å². The van der Waals surface area contributed by atoms with Crippen LogP contribution in [0.1, 0.15) is 65.2 Å². The molecule has 0 amide bonds. The maximum atomic E-state index is 6.62. The van der Waals surface area contributed by atoms with Crippen molar-refractivity contribution in [1.29, 1.82) is 0 Å². The van der Waals surface area contributed by atoms with E-state index in [2.05, 4.69) is 38.2 Å². The lowest BCUT2D eigenvalue weighted by Gasteiger charge is -2.40. The molecule has 0 aromatic carbocycles. The highest BCUT2D eigenvalue weighted by Crippen LogP contribution is 2.47. The molecule has 0 aromatic rings. The van der Waals surface area contributed by atoms with E-state index in [0.29, 0.717) is 11.1 Å². The van der Waals surface area contributed by atoms with Crippen LogP contribution in [0.15, 0.2) is 24.3 Å². The Bertz CT molecular complexity index is 301. The zero-order valence-corrected chi connectivity index (χ0v) is 14.9. The number of hydrogen-bond acceptors (Lipinski definition) is 2. The third-order valence-electron chi connectivity index (χ3n) is 4.80. The Kier molecular flexibility index (Phi) is 7.21. The van der Waals surface area contributed by atoms with Crippen molar-refractivity contribution in [3.8, 4) is 0 Å². The molecule has 0 saturated heterocycles. The second-order valence-corrected chi connectivity index (χ2v) is 10.1. The molecule has 2 rings (SSSR count). The van der Waals surface area contributed by atoms with Crippen molar-refractivity contribution >= 4 is 8.56 Å². The molecule has 21 heavy (non-hydrogen) atoms. The monoisotopic (exact) mass is 308 g/mol. The smallest absolute Gasteiger partial charge is 0.345 e. The lowest BCUT2D eigenvalue weighted by atomic mass is 10.3. The van der Waals surface area contributed by atoms with E-state index in [1.54, 1.807) is 0 Å². The molecule has 0 fully saturated rings. The second kappa shape index (κ2) is 8.91. The van der Waals surface area contributed by atoms with Gasteiger partial charge >= 0.3 is 8.56 Å². The molecule has 0 saturated carbocycles. The summed E-state index contributed by atoms with van der Waals surface area (Å²) in [5, 5.41) is 0. The van der Waals surface area contributed by atoms with Crippen LogP contribution in [0.4, 0.5) is 0 Å². The summed E-state index contributed by atoms with van der Waals surface area (Å²) in [5.41, 5.74) is 1.27. The van der Waals surface area contributed by atoms with Crippen molar-refractivity contribution in [3.05, 3.63) is 24.3 Å². The van der Waals surface area contributed by atoms with E-state index in [1.807, 2.05) is 0 Å². The Hall–Kier alpha value is -0.383. The van der Waals surface area contributed by atoms with Gasteiger partial charge in [0.2, 0.25) is 0 Å². The van der Waals surface area contributed by atoms with Crippen LogP contribution in [-0.4, -0.2) is 21.8 Å². The Labute approximate surface area is 131 Å². The number of rotatable bonds is 10. The summed E-state index contributed by atoms with van der Waals surface area (Å²) in [7, 11) is -2.13. The van der Waals surface area contributed by atoms with Gasteiger partial charge in [0, 0.05) is 24.3 Å². The van der Waals surface area contributed by atoms with Crippen LogP contribution in [0.2, 0.25) is 11.1 Å². The van der Waals surface area contributed by atoms with Gasteiger partial charge in [0.15, 0.2) is 0 Å². The molecule has 0 aliphatic heterocycles. The van der Waals surface area contributed by atoms with Crippen LogP contribution in [0.3, 0.4) is 0 Å². The molecule has 0 radical (unpaired) electrons. The lowest BCUT2D eigenvalue weighted by Crippen LogP contribution is -2.50. The number of unbranched alkanes of at least 4 members (excludes halogenated alkanes) is 2. The van der Waals surface area contributed by atoms with Gasteiger partial charge < -0.3 is 8.85 Å². The van der Waals surface area contributed by atoms with Gasteiger partial charge in [-0.25, -0.2) is 0 Å². The molecule has 2 aliphatic carbocycles. The van der Waals surface area contributed by atoms with Crippen LogP contribution < -0.4 is 0 Å². The lowest BCUT2D eigenvalue weighted by molar-refractivity contribution is 0.144. The van der Waals surface area contributed by atoms with Crippen molar-refractivity contribution in [2.75, 3.05) is 13.2 Å². The summed E-state index contributed by atoms with van der Waals surface area (Å²) in [5.74, 6) is 0. The Morgan fingerprint density at radius 2 is 1.14 bits per heavy atom. The van der Waals surface area contributed by atoms with Crippen LogP contribution in [0.25, 0.3) is 0 Å². The molecule has 2 aliphatic rings. The summed E-state index contributed by atoms with van der Waals surface area (Å²) in [6.07, 6.45) is 18.7. The third kappa shape index (κ3) is 4.30. The largest absolute Gasteiger partial charge is 0.394 e. The number of hydrogen-bond donors (Lipinski definition) is 0. The fraction of sp³-hybridized carbons (Fsp3) is 0.778. The van der Waals surface area contributed by atoms with E-state index < -0.39 is 8.56 Å². The quantitative estimate of drug-likeness (QED) is 0.301. The molecular weight excluding hydrogens is 276 g/mol. The minimum Gasteiger partial charge on any atom is -0.394 e. The summed E-state index contributed by atoms with van der Waals surface area (Å²) in [4.78, 5) is 0. The maximum Gasteiger partial charge on any atom is 0.345 e. The molecule has 0 spiro atoms. The van der Waals surface area contributed by atoms with E-state index >= 15 is 0 Å². The molecular formula is C18H32O2Si. The topological polar surface area (TPSA) is 18.5 Å². The van der Waals surface area contributed by atoms with E-state index in [0.717, 1.165) is 26.1 Å². The molecule has 0 aromatic heterocycles. The first-order valence-corrected chi connectivity index (χ1v) is 10.9. The van der Waals surface area contributed by atoms with Crippen molar-refractivity contribution in [3.63, 3.8) is 0 Å². The zero-order chi connectivity index (χ0) is 15.0. The molecule has 0 bridgehead atoms. The molecule has 120 valence electrons. The van der Waals surface area contributed by atoms with Gasteiger partial charge in [-0.2, -0.15) is 0 Å². The first-order chi connectivity index (χ1) is 10.3. The van der Waals surface area contributed by atoms with Crippen LogP contribution in [-0.2, 0) is 8.85 Å². The number of allylic oxidation sites excluding steroid dienone is 4. The van der Waals surface area contributed by atoms with Gasteiger partial charge in [-0.05, 0) is 38.5 Å². The fourth-order valence-corrected chi connectivity index (χ4v) is 7.97. The van der Waals surface area contributed by atoms with Gasteiger partial charge in [-0.15, -0.1) is 0 Å². The van der Waals surface area contributed by atoms with Gasteiger partial charge in [-0.1, -0.05) is 51.0 Å². The minimum atomic E-state index is -2.13. The molecule has 0 N–H and O–H groups in total. The third-order valence-corrected chi connectivity index (χ3v) is 9.33. The van der Waals surface area contributed by atoms with Crippen molar-refractivity contribution in [2.45, 2.75) is 76.3 Å². The SMILES string of the molecule is CCCCO[Si](OCCCC)(C1CC=CC1)C1CC=CC1. The van der Waals surface area contributed by atoms with Gasteiger partial charge in [0.1, 0.15) is 0 Å². The predicted molar refractivity (Wildman–Crippen MR) is 91.7 cm³/mol. The molecule has 0 unspecified atom stereocenters. The van der Waals surface area contributed by atoms with Crippen LogP contribution in [0.5, 0.6) is 0 Å². The summed E-state index contributed by atoms with van der Waals surface area (Å²) in [6, 6.07) is 0. The van der Waals surface area contributed by atoms with Gasteiger partial charge in [0.25, 0.3) is 0 Å². The summed E-state index contributed by atoms with van der Waals surface area (Å²) >= 11 is 0. The summed E-state index contributed by atoms with van der Waals surface area (Å²) < 4.78 is 13.2. The average Bonchev–Trinajstić information content (AvgIpc) is 3.19. The van der Waals surface area contributed by atoms with Crippen molar-refractivity contribution in [1.82, 2.24) is 0 Å². The van der Waals surface area contributed by atoms with E-state index in [1.165, 1.54) is 38.5 Å². The predicted octanol–water partition coefficient (Wildman–Crippen LogP) is 5.50. The first kappa shape index (κ1) is 17.0. The van der Waals surface area contributed by atoms with Crippen LogP contribution >= 0.6 is 0 Å². The van der Waals surface area contributed by atoms with Crippen LogP contribution in [0, 0.1) is 0 Å². The minimum absolute atomic E-state index is 0.635. The highest BCUT2D eigenvalue weighted by molar-refractivity contribution is 6.70. The highest BCUT2D eigenvalue weighted by atomic mass is 28.4. The Balaban J connectivity index is 2.09. The highest BCUT2D eigenvalue weighted by Gasteiger charge is 2.52.